The van der Waals surface area contributed by atoms with E-state index < -0.39 is 5.97 Å². The van der Waals surface area contributed by atoms with Crippen LogP contribution in [0.15, 0.2) is 24.3 Å². The average Bonchev–Trinajstić information content (AvgIpc) is 2.54. The topological polar surface area (TPSA) is 55.1 Å². The summed E-state index contributed by atoms with van der Waals surface area (Å²) in [4.78, 5) is 14.8. The monoisotopic (exact) mass is 240 g/mol. The predicted octanol–water partition coefficient (Wildman–Crippen LogP) is 2.01. The maximum Gasteiger partial charge on any atom is 0.303 e. The zero-order chi connectivity index (χ0) is 10.8. The van der Waals surface area contributed by atoms with Crippen LogP contribution in [0.4, 0.5) is 0 Å². The molecule has 0 unspecified atom stereocenters. The zero-order valence-electron chi connectivity index (χ0n) is 8.88. The van der Waals surface area contributed by atoms with E-state index in [9.17, 15) is 4.79 Å². The van der Waals surface area contributed by atoms with Gasteiger partial charge in [0.05, 0.1) is 17.5 Å². The highest BCUT2D eigenvalue weighted by atomic mass is 35.5. The number of carboxylic acids is 1. The molecule has 0 saturated heterocycles. The maximum absolute atomic E-state index is 10.5. The fourth-order valence-corrected chi connectivity index (χ4v) is 1.64. The Morgan fingerprint density at radius 1 is 1.44 bits per heavy atom. The minimum Gasteiger partial charge on any atom is -0.481 e. The number of aliphatic carboxylic acids is 1. The van der Waals surface area contributed by atoms with Crippen molar-refractivity contribution in [3.05, 3.63) is 30.1 Å². The molecule has 1 heterocycles. The van der Waals surface area contributed by atoms with E-state index in [0.717, 1.165) is 16.9 Å². The highest BCUT2D eigenvalue weighted by Gasteiger charge is 2.08. The van der Waals surface area contributed by atoms with E-state index in [-0.39, 0.29) is 18.8 Å². The number of hydrogen-bond donors (Lipinski definition) is 1. The van der Waals surface area contributed by atoms with E-state index in [2.05, 4.69) is 4.98 Å². The Morgan fingerprint density at radius 2 is 2.12 bits per heavy atom. The zero-order valence-corrected chi connectivity index (χ0v) is 9.70. The molecule has 0 amide bonds. The van der Waals surface area contributed by atoms with Crippen molar-refractivity contribution in [2.75, 3.05) is 0 Å². The van der Waals surface area contributed by atoms with Crippen LogP contribution in [-0.2, 0) is 18.3 Å². The van der Waals surface area contributed by atoms with Gasteiger partial charge < -0.3 is 9.67 Å². The van der Waals surface area contributed by atoms with Crippen LogP contribution < -0.4 is 0 Å². The van der Waals surface area contributed by atoms with Crippen molar-refractivity contribution < 1.29 is 9.90 Å². The quantitative estimate of drug-likeness (QED) is 0.893. The van der Waals surface area contributed by atoms with Gasteiger partial charge in [-0.05, 0) is 12.1 Å². The number of imidazole rings is 1. The van der Waals surface area contributed by atoms with Crippen LogP contribution in [0.1, 0.15) is 12.2 Å². The Balaban J connectivity index is 0.00000128. The van der Waals surface area contributed by atoms with Gasteiger partial charge in [-0.2, -0.15) is 0 Å². The number of benzene rings is 1. The molecule has 0 aliphatic rings. The van der Waals surface area contributed by atoms with Crippen LogP contribution in [0.25, 0.3) is 11.0 Å². The summed E-state index contributed by atoms with van der Waals surface area (Å²) in [7, 11) is 1.91. The molecule has 0 spiro atoms. The van der Waals surface area contributed by atoms with Gasteiger partial charge in [0.2, 0.25) is 0 Å². The van der Waals surface area contributed by atoms with E-state index in [1.165, 1.54) is 0 Å². The smallest absolute Gasteiger partial charge is 0.303 e. The summed E-state index contributed by atoms with van der Waals surface area (Å²) in [6.07, 6.45) is 0.595. The summed E-state index contributed by atoms with van der Waals surface area (Å²) < 4.78 is 1.94. The van der Waals surface area contributed by atoms with Gasteiger partial charge in [0.25, 0.3) is 0 Å². The van der Waals surface area contributed by atoms with Gasteiger partial charge in [-0.25, -0.2) is 4.98 Å². The predicted molar refractivity (Wildman–Crippen MR) is 63.9 cm³/mol. The molecule has 2 aromatic rings. The number of halogens is 1. The number of aromatic nitrogens is 2. The molecule has 0 radical (unpaired) electrons. The molecule has 5 heteroatoms. The molecule has 16 heavy (non-hydrogen) atoms. The molecule has 0 bridgehead atoms. The van der Waals surface area contributed by atoms with E-state index in [0.29, 0.717) is 6.42 Å². The van der Waals surface area contributed by atoms with Crippen LogP contribution in [0.2, 0.25) is 0 Å². The van der Waals surface area contributed by atoms with Gasteiger partial charge in [-0.3, -0.25) is 4.79 Å². The first kappa shape index (κ1) is 12.5. The van der Waals surface area contributed by atoms with Crippen LogP contribution in [0, 0.1) is 0 Å². The number of para-hydroxylation sites is 2. The Labute approximate surface area is 99.3 Å². The molecule has 0 saturated carbocycles. The third-order valence-corrected chi connectivity index (χ3v) is 2.44. The number of fused-ring (bicyclic) bond motifs is 1. The molecular formula is C11H13ClN2O2. The van der Waals surface area contributed by atoms with Crippen LogP contribution >= 0.6 is 12.4 Å². The molecule has 86 valence electrons. The summed E-state index contributed by atoms with van der Waals surface area (Å²) in [5, 5.41) is 8.60. The number of nitrogens with zero attached hydrogens (tertiary/aromatic N) is 2. The van der Waals surface area contributed by atoms with Gasteiger partial charge >= 0.3 is 5.97 Å². The molecule has 1 N–H and O–H groups in total. The van der Waals surface area contributed by atoms with Crippen LogP contribution in [-0.4, -0.2) is 20.6 Å². The lowest BCUT2D eigenvalue weighted by Crippen LogP contribution is -2.03. The van der Waals surface area contributed by atoms with Gasteiger partial charge in [-0.15, -0.1) is 12.4 Å². The number of carbonyl (C=O) groups is 1. The Morgan fingerprint density at radius 3 is 2.75 bits per heavy atom. The van der Waals surface area contributed by atoms with Gasteiger partial charge in [0.1, 0.15) is 5.82 Å². The molecule has 0 aliphatic heterocycles. The standard InChI is InChI=1S/C11H12N2O2.ClH/c1-13-9-5-3-2-4-8(9)12-10(13)6-7-11(14)15;/h2-5H,6-7H2,1H3,(H,14,15);1H. The lowest BCUT2D eigenvalue weighted by atomic mass is 10.3. The van der Waals surface area contributed by atoms with Crippen molar-refractivity contribution >= 4 is 29.4 Å². The molecule has 0 atom stereocenters. The maximum atomic E-state index is 10.5. The lowest BCUT2D eigenvalue weighted by molar-refractivity contribution is -0.137. The molecular weight excluding hydrogens is 228 g/mol. The SMILES string of the molecule is Cl.Cn1c(CCC(=O)O)nc2ccccc21. The first-order valence-corrected chi connectivity index (χ1v) is 4.80. The van der Waals surface area contributed by atoms with Crippen molar-refractivity contribution in [3.8, 4) is 0 Å². The summed E-state index contributed by atoms with van der Waals surface area (Å²) in [5.41, 5.74) is 1.96. The highest BCUT2D eigenvalue weighted by Crippen LogP contribution is 2.14. The number of carboxylic acid groups (broad SMARTS) is 1. The largest absolute Gasteiger partial charge is 0.481 e. The first-order chi connectivity index (χ1) is 7.18. The second-order valence-corrected chi connectivity index (χ2v) is 3.47. The summed E-state index contributed by atoms with van der Waals surface area (Å²) >= 11 is 0. The molecule has 0 aliphatic carbocycles. The van der Waals surface area contributed by atoms with Gasteiger partial charge in [0.15, 0.2) is 0 Å². The minimum atomic E-state index is -0.790. The van der Waals surface area contributed by atoms with Crippen molar-refractivity contribution in [1.82, 2.24) is 9.55 Å². The number of aryl methyl sites for hydroxylation is 2. The molecule has 1 aromatic carbocycles. The van der Waals surface area contributed by atoms with Crippen LogP contribution in [0.5, 0.6) is 0 Å². The van der Waals surface area contributed by atoms with Crippen molar-refractivity contribution in [2.45, 2.75) is 12.8 Å². The average molecular weight is 241 g/mol. The van der Waals surface area contributed by atoms with Crippen molar-refractivity contribution in [2.24, 2.45) is 7.05 Å². The summed E-state index contributed by atoms with van der Waals surface area (Å²) in [6.45, 7) is 0. The van der Waals surface area contributed by atoms with E-state index >= 15 is 0 Å². The second-order valence-electron chi connectivity index (χ2n) is 3.47. The second kappa shape index (κ2) is 4.99. The molecule has 4 nitrogen and oxygen atoms in total. The normalized spacial score (nSPS) is 10.1. The Kier molecular flexibility index (Phi) is 3.90. The molecule has 1 aromatic heterocycles. The van der Waals surface area contributed by atoms with E-state index in [1.807, 2.05) is 35.9 Å². The third kappa shape index (κ3) is 2.33. The van der Waals surface area contributed by atoms with E-state index in [4.69, 9.17) is 5.11 Å². The van der Waals surface area contributed by atoms with Crippen LogP contribution in [0.3, 0.4) is 0 Å². The van der Waals surface area contributed by atoms with Crippen molar-refractivity contribution in [1.29, 1.82) is 0 Å². The van der Waals surface area contributed by atoms with Gasteiger partial charge in [0, 0.05) is 13.5 Å². The Hall–Kier alpha value is -1.55. The minimum absolute atomic E-state index is 0. The number of rotatable bonds is 3. The molecule has 2 rings (SSSR count). The molecule has 0 fully saturated rings. The van der Waals surface area contributed by atoms with Gasteiger partial charge in [-0.1, -0.05) is 12.1 Å². The summed E-state index contributed by atoms with van der Waals surface area (Å²) in [6, 6.07) is 7.79. The fourth-order valence-electron chi connectivity index (χ4n) is 1.64. The number of hydrogen-bond acceptors (Lipinski definition) is 2. The third-order valence-electron chi connectivity index (χ3n) is 2.44. The highest BCUT2D eigenvalue weighted by molar-refractivity contribution is 5.85. The summed E-state index contributed by atoms with van der Waals surface area (Å²) in [5.74, 6) is 0.0284. The lowest BCUT2D eigenvalue weighted by Gasteiger charge is -1.99. The van der Waals surface area contributed by atoms with E-state index in [1.54, 1.807) is 0 Å². The Bertz CT molecular complexity index is 508. The van der Waals surface area contributed by atoms with Crippen molar-refractivity contribution in [3.63, 3.8) is 0 Å². The first-order valence-electron chi connectivity index (χ1n) is 4.80. The fraction of sp³-hybridized carbons (Fsp3) is 0.273.